The lowest BCUT2D eigenvalue weighted by Gasteiger charge is -2.31. The van der Waals surface area contributed by atoms with Crippen LogP contribution in [0.1, 0.15) is 6.92 Å². The molecule has 1 fully saturated rings. The van der Waals surface area contributed by atoms with E-state index in [0.29, 0.717) is 13.2 Å². The Hall–Kier alpha value is -0.980. The van der Waals surface area contributed by atoms with Crippen LogP contribution in [0.3, 0.4) is 0 Å². The first-order chi connectivity index (χ1) is 9.03. The normalized spacial score (nSPS) is 21.5. The number of likely N-dealkylation sites (N-methyl/N-ethyl adjacent to an activating group) is 1. The molecule has 0 saturated carbocycles. The summed E-state index contributed by atoms with van der Waals surface area (Å²) in [5.41, 5.74) is 0. The van der Waals surface area contributed by atoms with E-state index in [9.17, 15) is 12.8 Å². The van der Waals surface area contributed by atoms with Crippen LogP contribution in [0.15, 0.2) is 29.2 Å². The highest BCUT2D eigenvalue weighted by molar-refractivity contribution is 7.91. The second kappa shape index (κ2) is 5.98. The van der Waals surface area contributed by atoms with Gasteiger partial charge in [-0.2, -0.15) is 0 Å². The zero-order valence-corrected chi connectivity index (χ0v) is 11.7. The van der Waals surface area contributed by atoms with Gasteiger partial charge in [0, 0.05) is 13.1 Å². The van der Waals surface area contributed by atoms with E-state index < -0.39 is 21.8 Å². The molecule has 4 nitrogen and oxygen atoms in total. The summed E-state index contributed by atoms with van der Waals surface area (Å²) in [6.07, 6.45) is -0.390. The third kappa shape index (κ3) is 3.52. The second-order valence-corrected chi connectivity index (χ2v) is 6.60. The van der Waals surface area contributed by atoms with Crippen molar-refractivity contribution in [2.45, 2.75) is 17.9 Å². The fourth-order valence-corrected chi connectivity index (χ4v) is 3.72. The molecule has 0 amide bonds. The Morgan fingerprint density at radius 3 is 2.84 bits per heavy atom. The third-order valence-corrected chi connectivity index (χ3v) is 5.06. The lowest BCUT2D eigenvalue weighted by atomic mass is 10.3. The molecule has 19 heavy (non-hydrogen) atoms. The molecule has 1 atom stereocenters. The van der Waals surface area contributed by atoms with Crippen LogP contribution in [0.5, 0.6) is 0 Å². The molecule has 0 bridgehead atoms. The van der Waals surface area contributed by atoms with E-state index in [-0.39, 0.29) is 10.6 Å². The van der Waals surface area contributed by atoms with Crippen molar-refractivity contribution in [3.8, 4) is 0 Å². The first-order valence-electron chi connectivity index (χ1n) is 6.34. The molecule has 1 aromatic carbocycles. The van der Waals surface area contributed by atoms with Crippen LogP contribution in [-0.4, -0.2) is 51.4 Å². The lowest BCUT2D eigenvalue weighted by molar-refractivity contribution is -0.0145. The van der Waals surface area contributed by atoms with Gasteiger partial charge in [0.2, 0.25) is 0 Å². The van der Waals surface area contributed by atoms with Crippen molar-refractivity contribution in [2.24, 2.45) is 0 Å². The molecule has 0 aromatic heterocycles. The van der Waals surface area contributed by atoms with Crippen molar-refractivity contribution in [1.29, 1.82) is 0 Å². The van der Waals surface area contributed by atoms with Gasteiger partial charge in [0.25, 0.3) is 0 Å². The quantitative estimate of drug-likeness (QED) is 0.838. The average molecular weight is 287 g/mol. The number of benzene rings is 1. The number of hydrogen-bond donors (Lipinski definition) is 0. The van der Waals surface area contributed by atoms with Gasteiger partial charge in [-0.05, 0) is 18.7 Å². The number of ether oxygens (including phenoxy) is 1. The van der Waals surface area contributed by atoms with Crippen LogP contribution in [-0.2, 0) is 14.6 Å². The maximum atomic E-state index is 13.6. The minimum atomic E-state index is -3.65. The van der Waals surface area contributed by atoms with Gasteiger partial charge in [-0.3, -0.25) is 4.90 Å². The molecule has 1 aliphatic heterocycles. The van der Waals surface area contributed by atoms with Crippen LogP contribution in [0.2, 0.25) is 0 Å². The minimum absolute atomic E-state index is 0.176. The number of morpholine rings is 1. The van der Waals surface area contributed by atoms with E-state index in [2.05, 4.69) is 4.90 Å². The van der Waals surface area contributed by atoms with Gasteiger partial charge in [0.1, 0.15) is 10.7 Å². The Kier molecular flexibility index (Phi) is 4.54. The Morgan fingerprint density at radius 2 is 2.16 bits per heavy atom. The van der Waals surface area contributed by atoms with E-state index in [1.807, 2.05) is 6.92 Å². The van der Waals surface area contributed by atoms with Crippen LogP contribution >= 0.6 is 0 Å². The molecule has 1 aliphatic rings. The molecule has 6 heteroatoms. The molecule has 2 rings (SSSR count). The first kappa shape index (κ1) is 14.4. The van der Waals surface area contributed by atoms with Crippen molar-refractivity contribution in [1.82, 2.24) is 4.90 Å². The fourth-order valence-electron chi connectivity index (χ4n) is 2.20. The standard InChI is InChI=1S/C13H18FNO3S/c1-2-15-7-8-18-11(9-15)10-19(16,17)13-6-4-3-5-12(13)14/h3-6,11H,2,7-10H2,1H3. The van der Waals surface area contributed by atoms with Crippen molar-refractivity contribution < 1.29 is 17.5 Å². The van der Waals surface area contributed by atoms with Crippen molar-refractivity contribution in [2.75, 3.05) is 32.0 Å². The predicted molar refractivity (Wildman–Crippen MR) is 70.3 cm³/mol. The number of sulfone groups is 1. The summed E-state index contributed by atoms with van der Waals surface area (Å²) in [4.78, 5) is 1.89. The number of halogens is 1. The zero-order chi connectivity index (χ0) is 13.9. The van der Waals surface area contributed by atoms with Crippen LogP contribution < -0.4 is 0 Å². The Morgan fingerprint density at radius 1 is 1.42 bits per heavy atom. The molecule has 0 N–H and O–H groups in total. The Bertz CT molecular complexity index is 532. The van der Waals surface area contributed by atoms with E-state index >= 15 is 0 Å². The fraction of sp³-hybridized carbons (Fsp3) is 0.538. The molecule has 1 heterocycles. The molecular formula is C13H18FNO3S. The maximum absolute atomic E-state index is 13.6. The van der Waals surface area contributed by atoms with Gasteiger partial charge in [-0.25, -0.2) is 12.8 Å². The zero-order valence-electron chi connectivity index (χ0n) is 10.9. The van der Waals surface area contributed by atoms with E-state index in [0.717, 1.165) is 19.2 Å². The van der Waals surface area contributed by atoms with Crippen LogP contribution in [0, 0.1) is 5.82 Å². The first-order valence-corrected chi connectivity index (χ1v) is 7.99. The van der Waals surface area contributed by atoms with E-state index in [4.69, 9.17) is 4.74 Å². The molecule has 0 aliphatic carbocycles. The van der Waals surface area contributed by atoms with Gasteiger partial charge in [0.05, 0.1) is 18.5 Å². The predicted octanol–water partition coefficient (Wildman–Crippen LogP) is 1.32. The summed E-state index contributed by atoms with van der Waals surface area (Å²) in [6, 6.07) is 5.46. The smallest absolute Gasteiger partial charge is 0.183 e. The molecule has 0 radical (unpaired) electrons. The van der Waals surface area contributed by atoms with Gasteiger partial charge in [-0.1, -0.05) is 19.1 Å². The summed E-state index contributed by atoms with van der Waals surface area (Å²) in [5.74, 6) is -0.879. The Labute approximate surface area is 113 Å². The lowest BCUT2D eigenvalue weighted by Crippen LogP contribution is -2.45. The number of hydrogen-bond acceptors (Lipinski definition) is 4. The monoisotopic (exact) mass is 287 g/mol. The topological polar surface area (TPSA) is 46.6 Å². The van der Waals surface area contributed by atoms with Crippen molar-refractivity contribution in [3.63, 3.8) is 0 Å². The third-order valence-electron chi connectivity index (χ3n) is 3.25. The summed E-state index contributed by atoms with van der Waals surface area (Å²) >= 11 is 0. The van der Waals surface area contributed by atoms with Gasteiger partial charge in [0.15, 0.2) is 9.84 Å². The molecule has 1 unspecified atom stereocenters. The molecular weight excluding hydrogens is 269 g/mol. The summed E-state index contributed by atoms with van der Waals surface area (Å²) in [5, 5.41) is 0. The summed E-state index contributed by atoms with van der Waals surface area (Å²) in [7, 11) is -3.65. The van der Waals surface area contributed by atoms with E-state index in [1.54, 1.807) is 0 Å². The van der Waals surface area contributed by atoms with Crippen molar-refractivity contribution in [3.05, 3.63) is 30.1 Å². The summed E-state index contributed by atoms with van der Waals surface area (Å²) < 4.78 is 43.4. The van der Waals surface area contributed by atoms with Gasteiger partial charge >= 0.3 is 0 Å². The maximum Gasteiger partial charge on any atom is 0.183 e. The summed E-state index contributed by atoms with van der Waals surface area (Å²) in [6.45, 7) is 4.79. The van der Waals surface area contributed by atoms with Gasteiger partial charge < -0.3 is 4.74 Å². The minimum Gasteiger partial charge on any atom is -0.374 e. The van der Waals surface area contributed by atoms with Crippen LogP contribution in [0.4, 0.5) is 4.39 Å². The highest BCUT2D eigenvalue weighted by Crippen LogP contribution is 2.18. The molecule has 1 saturated heterocycles. The molecule has 0 spiro atoms. The van der Waals surface area contributed by atoms with Crippen molar-refractivity contribution >= 4 is 9.84 Å². The SMILES string of the molecule is CCN1CCOC(CS(=O)(=O)c2ccccc2F)C1. The van der Waals surface area contributed by atoms with E-state index in [1.165, 1.54) is 18.2 Å². The molecule has 1 aromatic rings. The number of nitrogens with zero attached hydrogens (tertiary/aromatic N) is 1. The largest absolute Gasteiger partial charge is 0.374 e. The highest BCUT2D eigenvalue weighted by atomic mass is 32.2. The Balaban J connectivity index is 2.11. The second-order valence-electron chi connectivity index (χ2n) is 4.60. The number of rotatable bonds is 4. The van der Waals surface area contributed by atoms with Gasteiger partial charge in [-0.15, -0.1) is 0 Å². The van der Waals surface area contributed by atoms with Crippen LogP contribution in [0.25, 0.3) is 0 Å². The average Bonchev–Trinajstić information content (AvgIpc) is 2.38. The highest BCUT2D eigenvalue weighted by Gasteiger charge is 2.27. The molecule has 106 valence electrons.